The number of benzene rings is 1. The summed E-state index contributed by atoms with van der Waals surface area (Å²) in [4.78, 5) is 15.0. The van der Waals surface area contributed by atoms with Crippen molar-refractivity contribution < 1.29 is 14.3 Å². The fraction of sp³-hybridized carbons (Fsp3) is 0.562. The molecule has 120 valence electrons. The number of piperazine rings is 1. The smallest absolute Gasteiger partial charge is 0.407 e. The lowest BCUT2D eigenvalue weighted by Crippen LogP contribution is -2.55. The van der Waals surface area contributed by atoms with Crippen molar-refractivity contribution >= 4 is 11.8 Å². The van der Waals surface area contributed by atoms with Gasteiger partial charge in [0, 0.05) is 18.8 Å². The fourth-order valence-electron chi connectivity index (χ4n) is 3.67. The van der Waals surface area contributed by atoms with Gasteiger partial charge in [0.05, 0.1) is 12.1 Å². The van der Waals surface area contributed by atoms with Crippen molar-refractivity contribution in [2.24, 2.45) is 5.73 Å². The van der Waals surface area contributed by atoms with E-state index in [9.17, 15) is 14.3 Å². The third-order valence-electron chi connectivity index (χ3n) is 4.94. The molecule has 2 saturated heterocycles. The molecule has 2 bridgehead atoms. The Kier molecular flexibility index (Phi) is 3.95. The Bertz CT molecular complexity index is 567. The van der Waals surface area contributed by atoms with Crippen LogP contribution in [0, 0.1) is 5.82 Å². The van der Waals surface area contributed by atoms with Crippen LogP contribution in [0.2, 0.25) is 0 Å². The highest BCUT2D eigenvalue weighted by Crippen LogP contribution is 2.33. The molecule has 3 unspecified atom stereocenters. The average Bonchev–Trinajstić information content (AvgIpc) is 2.77. The van der Waals surface area contributed by atoms with Crippen LogP contribution in [0.5, 0.6) is 0 Å². The molecule has 3 atom stereocenters. The normalized spacial score (nSPS) is 25.4. The Morgan fingerprint density at radius 1 is 1.41 bits per heavy atom. The lowest BCUT2D eigenvalue weighted by Gasteiger charge is -2.40. The molecule has 1 aromatic carbocycles. The average molecular weight is 307 g/mol. The molecule has 5 nitrogen and oxygen atoms in total. The number of nitrogens with zero attached hydrogens (tertiary/aromatic N) is 2. The highest BCUT2D eigenvalue weighted by Gasteiger charge is 2.42. The number of anilines is 1. The van der Waals surface area contributed by atoms with E-state index in [1.54, 1.807) is 17.0 Å². The lowest BCUT2D eigenvalue weighted by molar-refractivity contribution is 0.115. The van der Waals surface area contributed by atoms with Crippen molar-refractivity contribution in [3.8, 4) is 0 Å². The zero-order valence-corrected chi connectivity index (χ0v) is 12.7. The van der Waals surface area contributed by atoms with Crippen LogP contribution in [0.4, 0.5) is 14.9 Å². The first-order valence-corrected chi connectivity index (χ1v) is 7.77. The van der Waals surface area contributed by atoms with Crippen LogP contribution in [-0.2, 0) is 0 Å². The first-order chi connectivity index (χ1) is 10.5. The number of rotatable bonds is 3. The molecule has 2 heterocycles. The topological polar surface area (TPSA) is 69.8 Å². The number of amides is 1. The van der Waals surface area contributed by atoms with Gasteiger partial charge in [0.25, 0.3) is 0 Å². The maximum absolute atomic E-state index is 14.3. The first kappa shape index (κ1) is 15.1. The Morgan fingerprint density at radius 3 is 2.55 bits per heavy atom. The van der Waals surface area contributed by atoms with Crippen LogP contribution in [-0.4, -0.2) is 47.8 Å². The van der Waals surface area contributed by atoms with Crippen LogP contribution in [0.25, 0.3) is 0 Å². The molecule has 2 fully saturated rings. The third-order valence-corrected chi connectivity index (χ3v) is 4.94. The number of carbonyl (C=O) groups is 1. The number of halogens is 1. The molecule has 1 amide bonds. The van der Waals surface area contributed by atoms with Gasteiger partial charge in [0.1, 0.15) is 5.82 Å². The molecule has 3 N–H and O–H groups in total. The number of hydrogen-bond donors (Lipinski definition) is 2. The summed E-state index contributed by atoms with van der Waals surface area (Å²) in [7, 11) is 0. The molecule has 22 heavy (non-hydrogen) atoms. The third kappa shape index (κ3) is 2.52. The van der Waals surface area contributed by atoms with Gasteiger partial charge in [-0.05, 0) is 43.0 Å². The van der Waals surface area contributed by atoms with E-state index >= 15 is 0 Å². The van der Waals surface area contributed by atoms with Crippen LogP contribution in [0.1, 0.15) is 31.2 Å². The van der Waals surface area contributed by atoms with Crippen LogP contribution in [0.3, 0.4) is 0 Å². The summed E-state index contributed by atoms with van der Waals surface area (Å²) in [5, 5.41) is 9.28. The Hall–Kier alpha value is -1.82. The number of fused-ring (bicyclic) bond motifs is 2. The Morgan fingerprint density at radius 2 is 2.05 bits per heavy atom. The van der Waals surface area contributed by atoms with Gasteiger partial charge in [-0.25, -0.2) is 9.18 Å². The van der Waals surface area contributed by atoms with Gasteiger partial charge in [-0.15, -0.1) is 0 Å². The van der Waals surface area contributed by atoms with E-state index in [-0.39, 0.29) is 23.8 Å². The van der Waals surface area contributed by atoms with E-state index in [0.29, 0.717) is 25.2 Å². The number of carboxylic acid groups (broad SMARTS) is 1. The summed E-state index contributed by atoms with van der Waals surface area (Å²) >= 11 is 0. The minimum Gasteiger partial charge on any atom is -0.465 e. The predicted molar refractivity (Wildman–Crippen MR) is 82.8 cm³/mol. The van der Waals surface area contributed by atoms with Crippen LogP contribution in [0.15, 0.2) is 18.2 Å². The van der Waals surface area contributed by atoms with Gasteiger partial charge >= 0.3 is 6.09 Å². The van der Waals surface area contributed by atoms with E-state index < -0.39 is 6.09 Å². The minimum atomic E-state index is -0.842. The Balaban J connectivity index is 1.79. The molecule has 0 aliphatic carbocycles. The van der Waals surface area contributed by atoms with Crippen molar-refractivity contribution in [2.45, 2.75) is 37.8 Å². The van der Waals surface area contributed by atoms with Crippen molar-refractivity contribution in [3.05, 3.63) is 29.6 Å². The SMILES string of the molecule is CC(CN)c1ccc(N2CC3CCC(C2)N3C(=O)O)cc1F. The molecule has 0 radical (unpaired) electrons. The monoisotopic (exact) mass is 307 g/mol. The highest BCUT2D eigenvalue weighted by atomic mass is 19.1. The summed E-state index contributed by atoms with van der Waals surface area (Å²) < 4.78 is 14.3. The molecule has 0 aromatic heterocycles. The van der Waals surface area contributed by atoms with Gasteiger partial charge in [0.2, 0.25) is 0 Å². The Labute approximate surface area is 129 Å². The van der Waals surface area contributed by atoms with Gasteiger partial charge in [-0.1, -0.05) is 13.0 Å². The second-order valence-corrected chi connectivity index (χ2v) is 6.32. The quantitative estimate of drug-likeness (QED) is 0.898. The maximum atomic E-state index is 14.3. The van der Waals surface area contributed by atoms with Gasteiger partial charge in [0.15, 0.2) is 0 Å². The summed E-state index contributed by atoms with van der Waals surface area (Å²) in [6.07, 6.45) is 0.932. The summed E-state index contributed by atoms with van der Waals surface area (Å²) in [6, 6.07) is 5.30. The number of hydrogen-bond acceptors (Lipinski definition) is 3. The van der Waals surface area contributed by atoms with E-state index in [1.807, 2.05) is 13.0 Å². The molecular formula is C16H22FN3O2. The van der Waals surface area contributed by atoms with E-state index in [4.69, 9.17) is 5.73 Å². The minimum absolute atomic E-state index is 0.00547. The van der Waals surface area contributed by atoms with Crippen LogP contribution < -0.4 is 10.6 Å². The van der Waals surface area contributed by atoms with E-state index in [2.05, 4.69) is 4.90 Å². The zero-order valence-electron chi connectivity index (χ0n) is 12.7. The van der Waals surface area contributed by atoms with Crippen molar-refractivity contribution in [2.75, 3.05) is 24.5 Å². The van der Waals surface area contributed by atoms with E-state index in [1.165, 1.54) is 0 Å². The standard InChI is InChI=1S/C16H22FN3O2/c1-10(7-18)14-5-4-11(6-15(14)17)19-8-12-2-3-13(9-19)20(12)16(21)22/h4-6,10,12-13H,2-3,7-9,18H2,1H3,(H,21,22). The lowest BCUT2D eigenvalue weighted by atomic mass is 10.00. The molecule has 0 spiro atoms. The highest BCUT2D eigenvalue weighted by molar-refractivity contribution is 5.67. The molecule has 1 aromatic rings. The maximum Gasteiger partial charge on any atom is 0.407 e. The summed E-state index contributed by atoms with van der Waals surface area (Å²) in [6.45, 7) is 3.59. The molecule has 2 aliphatic heterocycles. The fourth-order valence-corrected chi connectivity index (χ4v) is 3.67. The van der Waals surface area contributed by atoms with Crippen molar-refractivity contribution in [3.63, 3.8) is 0 Å². The number of nitrogens with two attached hydrogens (primary N) is 1. The predicted octanol–water partition coefficient (Wildman–Crippen LogP) is 2.22. The molecule has 6 heteroatoms. The zero-order chi connectivity index (χ0) is 15.9. The van der Waals surface area contributed by atoms with Crippen molar-refractivity contribution in [1.82, 2.24) is 4.90 Å². The van der Waals surface area contributed by atoms with Gasteiger partial charge in [-0.2, -0.15) is 0 Å². The second kappa shape index (κ2) is 5.76. The second-order valence-electron chi connectivity index (χ2n) is 6.32. The summed E-state index contributed by atoms with van der Waals surface area (Å²) in [5.41, 5.74) is 7.07. The molecule has 2 aliphatic rings. The molecular weight excluding hydrogens is 285 g/mol. The van der Waals surface area contributed by atoms with E-state index in [0.717, 1.165) is 18.5 Å². The summed E-state index contributed by atoms with van der Waals surface area (Å²) in [5.74, 6) is -0.238. The molecule has 0 saturated carbocycles. The molecule has 3 rings (SSSR count). The first-order valence-electron chi connectivity index (χ1n) is 7.77. The van der Waals surface area contributed by atoms with Crippen LogP contribution >= 0.6 is 0 Å². The van der Waals surface area contributed by atoms with Crippen molar-refractivity contribution in [1.29, 1.82) is 0 Å². The van der Waals surface area contributed by atoms with Gasteiger partial charge < -0.3 is 15.7 Å². The van der Waals surface area contributed by atoms with Gasteiger partial charge in [-0.3, -0.25) is 4.90 Å². The largest absolute Gasteiger partial charge is 0.465 e.